The standard InChI is InChI=1S/C13H11NO2S/c15-6-8-7-17-12-10(8)2-1-3-11(12)13(16)14-9-4-5-9/h1-3,6-7,9H,4-5H2,(H,14,16). The number of amides is 1. The van der Waals surface area contributed by atoms with Crippen LogP contribution >= 0.6 is 11.3 Å². The monoisotopic (exact) mass is 245 g/mol. The van der Waals surface area contributed by atoms with Crippen molar-refractivity contribution >= 4 is 33.6 Å². The summed E-state index contributed by atoms with van der Waals surface area (Å²) in [4.78, 5) is 22.9. The molecule has 0 atom stereocenters. The number of carbonyl (C=O) groups is 2. The fourth-order valence-corrected chi connectivity index (χ4v) is 2.87. The largest absolute Gasteiger partial charge is 0.349 e. The number of nitrogens with one attached hydrogen (secondary N) is 1. The minimum absolute atomic E-state index is 0.0302. The first-order valence-electron chi connectivity index (χ1n) is 5.56. The molecule has 1 amide bonds. The molecule has 0 unspecified atom stereocenters. The second-order valence-corrected chi connectivity index (χ2v) is 5.12. The van der Waals surface area contributed by atoms with E-state index in [0.717, 1.165) is 29.2 Å². The number of hydrogen-bond acceptors (Lipinski definition) is 3. The van der Waals surface area contributed by atoms with Crippen molar-refractivity contribution in [2.24, 2.45) is 0 Å². The SMILES string of the molecule is O=Cc1csc2c(C(=O)NC3CC3)cccc12. The molecule has 1 aliphatic rings. The predicted molar refractivity (Wildman–Crippen MR) is 67.7 cm³/mol. The molecule has 0 radical (unpaired) electrons. The third-order valence-electron chi connectivity index (χ3n) is 2.91. The predicted octanol–water partition coefficient (Wildman–Crippen LogP) is 2.61. The lowest BCUT2D eigenvalue weighted by molar-refractivity contribution is 0.0952. The maximum Gasteiger partial charge on any atom is 0.252 e. The molecular formula is C13H11NO2S. The van der Waals surface area contributed by atoms with Crippen LogP contribution in [0.2, 0.25) is 0 Å². The highest BCUT2D eigenvalue weighted by atomic mass is 32.1. The minimum Gasteiger partial charge on any atom is -0.349 e. The van der Waals surface area contributed by atoms with E-state index in [9.17, 15) is 9.59 Å². The van der Waals surface area contributed by atoms with Gasteiger partial charge in [0, 0.05) is 27.1 Å². The lowest BCUT2D eigenvalue weighted by atomic mass is 10.1. The van der Waals surface area contributed by atoms with Gasteiger partial charge in [-0.25, -0.2) is 0 Å². The summed E-state index contributed by atoms with van der Waals surface area (Å²) in [5, 5.41) is 5.64. The van der Waals surface area contributed by atoms with Gasteiger partial charge in [0.1, 0.15) is 0 Å². The highest BCUT2D eigenvalue weighted by Gasteiger charge is 2.24. The smallest absolute Gasteiger partial charge is 0.252 e. The van der Waals surface area contributed by atoms with Crippen molar-refractivity contribution in [1.82, 2.24) is 5.32 Å². The maximum atomic E-state index is 12.0. The molecule has 3 rings (SSSR count). The van der Waals surface area contributed by atoms with Crippen molar-refractivity contribution in [3.8, 4) is 0 Å². The van der Waals surface area contributed by atoms with E-state index in [1.165, 1.54) is 11.3 Å². The van der Waals surface area contributed by atoms with E-state index in [4.69, 9.17) is 0 Å². The molecule has 0 spiro atoms. The average molecular weight is 245 g/mol. The molecule has 0 aliphatic heterocycles. The van der Waals surface area contributed by atoms with Gasteiger partial charge in [0.05, 0.1) is 5.56 Å². The number of fused-ring (bicyclic) bond motifs is 1. The van der Waals surface area contributed by atoms with Gasteiger partial charge in [0.15, 0.2) is 6.29 Å². The van der Waals surface area contributed by atoms with Crippen LogP contribution in [-0.2, 0) is 0 Å². The molecule has 1 aliphatic carbocycles. The van der Waals surface area contributed by atoms with E-state index in [1.807, 2.05) is 18.2 Å². The summed E-state index contributed by atoms with van der Waals surface area (Å²) in [5.74, 6) is -0.0302. The number of aldehydes is 1. The summed E-state index contributed by atoms with van der Waals surface area (Å²) in [7, 11) is 0. The molecular weight excluding hydrogens is 234 g/mol. The van der Waals surface area contributed by atoms with E-state index in [1.54, 1.807) is 5.38 Å². The van der Waals surface area contributed by atoms with Gasteiger partial charge in [0.25, 0.3) is 5.91 Å². The molecule has 3 nitrogen and oxygen atoms in total. The zero-order chi connectivity index (χ0) is 11.8. The Kier molecular flexibility index (Phi) is 2.44. The van der Waals surface area contributed by atoms with E-state index in [-0.39, 0.29) is 5.91 Å². The molecule has 1 heterocycles. The second kappa shape index (κ2) is 3.96. The highest BCUT2D eigenvalue weighted by molar-refractivity contribution is 7.18. The Labute approximate surface area is 102 Å². The molecule has 4 heteroatoms. The van der Waals surface area contributed by atoms with Gasteiger partial charge in [-0.1, -0.05) is 12.1 Å². The van der Waals surface area contributed by atoms with Crippen LogP contribution in [0.3, 0.4) is 0 Å². The average Bonchev–Trinajstić information content (AvgIpc) is 3.06. The van der Waals surface area contributed by atoms with E-state index < -0.39 is 0 Å². The number of rotatable bonds is 3. The Balaban J connectivity index is 2.05. The Morgan fingerprint density at radius 2 is 2.24 bits per heavy atom. The minimum atomic E-state index is -0.0302. The van der Waals surface area contributed by atoms with Crippen molar-refractivity contribution in [3.63, 3.8) is 0 Å². The second-order valence-electron chi connectivity index (χ2n) is 4.24. The first kappa shape index (κ1) is 10.5. The third-order valence-corrected chi connectivity index (χ3v) is 3.96. The zero-order valence-electron chi connectivity index (χ0n) is 9.10. The van der Waals surface area contributed by atoms with E-state index in [2.05, 4.69) is 5.32 Å². The van der Waals surface area contributed by atoms with Crippen LogP contribution < -0.4 is 5.32 Å². The van der Waals surface area contributed by atoms with Gasteiger partial charge in [0.2, 0.25) is 0 Å². The Morgan fingerprint density at radius 1 is 1.41 bits per heavy atom. The molecule has 2 aromatic rings. The lowest BCUT2D eigenvalue weighted by Crippen LogP contribution is -2.25. The van der Waals surface area contributed by atoms with Crippen LogP contribution in [0.15, 0.2) is 23.6 Å². The molecule has 1 aromatic carbocycles. The Hall–Kier alpha value is -1.68. The van der Waals surface area contributed by atoms with E-state index in [0.29, 0.717) is 17.2 Å². The topological polar surface area (TPSA) is 46.2 Å². The maximum absolute atomic E-state index is 12.0. The summed E-state index contributed by atoms with van der Waals surface area (Å²) < 4.78 is 0.896. The number of thiophene rings is 1. The first-order valence-corrected chi connectivity index (χ1v) is 6.44. The van der Waals surface area contributed by atoms with Gasteiger partial charge in [-0.15, -0.1) is 11.3 Å². The molecule has 0 bridgehead atoms. The molecule has 17 heavy (non-hydrogen) atoms. The molecule has 0 saturated heterocycles. The summed E-state index contributed by atoms with van der Waals surface area (Å²) in [6.07, 6.45) is 2.99. The summed E-state index contributed by atoms with van der Waals surface area (Å²) >= 11 is 1.45. The molecule has 1 aromatic heterocycles. The fourth-order valence-electron chi connectivity index (χ4n) is 1.84. The van der Waals surface area contributed by atoms with Crippen molar-refractivity contribution in [1.29, 1.82) is 0 Å². The van der Waals surface area contributed by atoms with Crippen LogP contribution in [0, 0.1) is 0 Å². The number of carbonyl (C=O) groups excluding carboxylic acids is 2. The molecule has 1 fully saturated rings. The van der Waals surface area contributed by atoms with Crippen molar-refractivity contribution in [3.05, 3.63) is 34.7 Å². The third kappa shape index (κ3) is 1.85. The molecule has 1 N–H and O–H groups in total. The zero-order valence-corrected chi connectivity index (χ0v) is 9.92. The van der Waals surface area contributed by atoms with Crippen LogP contribution in [-0.4, -0.2) is 18.2 Å². The van der Waals surface area contributed by atoms with Crippen molar-refractivity contribution < 1.29 is 9.59 Å². The summed E-state index contributed by atoms with van der Waals surface area (Å²) in [6, 6.07) is 5.86. The Morgan fingerprint density at radius 3 is 2.94 bits per heavy atom. The molecule has 1 saturated carbocycles. The van der Waals surface area contributed by atoms with Crippen LogP contribution in [0.25, 0.3) is 10.1 Å². The normalized spacial score (nSPS) is 14.8. The molecule has 86 valence electrons. The van der Waals surface area contributed by atoms with Crippen LogP contribution in [0.4, 0.5) is 0 Å². The summed E-state index contributed by atoms with van der Waals surface area (Å²) in [6.45, 7) is 0. The Bertz CT molecular complexity index is 598. The van der Waals surface area contributed by atoms with Crippen molar-refractivity contribution in [2.45, 2.75) is 18.9 Å². The van der Waals surface area contributed by atoms with Gasteiger partial charge in [-0.05, 0) is 18.9 Å². The highest BCUT2D eigenvalue weighted by Crippen LogP contribution is 2.29. The fraction of sp³-hybridized carbons (Fsp3) is 0.231. The van der Waals surface area contributed by atoms with Crippen LogP contribution in [0.1, 0.15) is 33.6 Å². The van der Waals surface area contributed by atoms with Crippen LogP contribution in [0.5, 0.6) is 0 Å². The quantitative estimate of drug-likeness (QED) is 0.845. The van der Waals surface area contributed by atoms with Gasteiger partial charge in [-0.2, -0.15) is 0 Å². The number of benzene rings is 1. The summed E-state index contributed by atoms with van der Waals surface area (Å²) in [5.41, 5.74) is 1.33. The van der Waals surface area contributed by atoms with Crippen molar-refractivity contribution in [2.75, 3.05) is 0 Å². The van der Waals surface area contributed by atoms with Gasteiger partial charge in [-0.3, -0.25) is 9.59 Å². The van der Waals surface area contributed by atoms with Gasteiger partial charge >= 0.3 is 0 Å². The van der Waals surface area contributed by atoms with E-state index >= 15 is 0 Å². The lowest BCUT2D eigenvalue weighted by Gasteiger charge is -2.04. The number of hydrogen-bond donors (Lipinski definition) is 1. The van der Waals surface area contributed by atoms with Gasteiger partial charge < -0.3 is 5.32 Å². The first-order chi connectivity index (χ1) is 8.29.